The summed E-state index contributed by atoms with van der Waals surface area (Å²) in [6, 6.07) is 3.29. The van der Waals surface area contributed by atoms with E-state index in [4.69, 9.17) is 19.8 Å². The number of carboxylic acid groups (broad SMARTS) is 2. The zero-order valence-electron chi connectivity index (χ0n) is 16.4. The van der Waals surface area contributed by atoms with Crippen molar-refractivity contribution in [2.45, 2.75) is 37.9 Å². The van der Waals surface area contributed by atoms with Crippen LogP contribution < -0.4 is 5.32 Å². The summed E-state index contributed by atoms with van der Waals surface area (Å²) in [7, 11) is 1.57. The number of hydrogen-bond donors (Lipinski definition) is 3. The van der Waals surface area contributed by atoms with Gasteiger partial charge in [-0.05, 0) is 37.0 Å². The molecule has 1 rings (SSSR count). The number of ether oxygens (including phenoxy) is 1. The molecule has 1 aromatic rings. The molecule has 0 aliphatic rings. The maximum Gasteiger partial charge on any atom is 0.416 e. The van der Waals surface area contributed by atoms with Crippen LogP contribution >= 0.6 is 0 Å². The molecule has 0 fully saturated rings. The van der Waals surface area contributed by atoms with Crippen LogP contribution in [0.2, 0.25) is 0 Å². The molecule has 0 aliphatic carbocycles. The fourth-order valence-corrected chi connectivity index (χ4v) is 2.46. The summed E-state index contributed by atoms with van der Waals surface area (Å²) in [4.78, 5) is 26.8. The minimum atomic E-state index is -4.44. The number of hydrogen-bond acceptors (Lipinski definition) is 6. The molecule has 0 aromatic heterocycles. The first-order valence-electron chi connectivity index (χ1n) is 9.18. The number of halogens is 3. The maximum atomic E-state index is 12.7. The van der Waals surface area contributed by atoms with E-state index in [-0.39, 0.29) is 13.2 Å². The highest BCUT2D eigenvalue weighted by atomic mass is 19.4. The quantitative estimate of drug-likeness (QED) is 0.234. The van der Waals surface area contributed by atoms with E-state index in [0.29, 0.717) is 30.7 Å². The molecule has 168 valence electrons. The second-order valence-corrected chi connectivity index (χ2v) is 6.34. The van der Waals surface area contributed by atoms with Crippen molar-refractivity contribution >= 4 is 17.7 Å². The number of methoxy groups -OCH3 is 1. The average Bonchev–Trinajstić information content (AvgIpc) is 2.67. The Labute approximate surface area is 171 Å². The molecule has 0 radical (unpaired) electrons. The van der Waals surface area contributed by atoms with Crippen molar-refractivity contribution in [1.29, 1.82) is 0 Å². The summed E-state index contributed by atoms with van der Waals surface area (Å²) in [6.07, 6.45) is -3.18. The van der Waals surface area contributed by atoms with Gasteiger partial charge in [-0.2, -0.15) is 13.2 Å². The van der Waals surface area contributed by atoms with E-state index < -0.39 is 36.1 Å². The van der Waals surface area contributed by atoms with Crippen molar-refractivity contribution in [2.24, 2.45) is 5.16 Å². The van der Waals surface area contributed by atoms with E-state index in [2.05, 4.69) is 10.5 Å². The number of oxime groups is 1. The summed E-state index contributed by atoms with van der Waals surface area (Å²) < 4.78 is 43.2. The van der Waals surface area contributed by atoms with Gasteiger partial charge in [0.2, 0.25) is 0 Å². The van der Waals surface area contributed by atoms with Crippen LogP contribution in [0.1, 0.15) is 36.8 Å². The maximum absolute atomic E-state index is 12.7. The van der Waals surface area contributed by atoms with Crippen LogP contribution in [0.5, 0.6) is 0 Å². The van der Waals surface area contributed by atoms with Gasteiger partial charge < -0.3 is 25.1 Å². The third-order valence-corrected chi connectivity index (χ3v) is 3.99. The number of nitrogens with zero attached hydrogens (tertiary/aromatic N) is 1. The Morgan fingerprint density at radius 3 is 2.33 bits per heavy atom. The van der Waals surface area contributed by atoms with Gasteiger partial charge >= 0.3 is 18.1 Å². The molecule has 0 spiro atoms. The fourth-order valence-electron chi connectivity index (χ4n) is 2.46. The Hall–Kier alpha value is -2.66. The second-order valence-electron chi connectivity index (χ2n) is 6.34. The Kier molecular flexibility index (Phi) is 10.8. The molecule has 0 bridgehead atoms. The van der Waals surface area contributed by atoms with Crippen molar-refractivity contribution in [2.75, 3.05) is 26.9 Å². The number of rotatable bonds is 14. The molecular weight excluding hydrogens is 409 g/mol. The largest absolute Gasteiger partial charge is 0.481 e. The first kappa shape index (κ1) is 25.4. The van der Waals surface area contributed by atoms with E-state index in [1.165, 1.54) is 12.1 Å². The number of alkyl halides is 3. The minimum Gasteiger partial charge on any atom is -0.481 e. The Bertz CT molecular complexity index is 707. The number of unbranched alkanes of at least 4 members (excludes halogenated alkanes) is 1. The van der Waals surface area contributed by atoms with E-state index in [1.807, 2.05) is 0 Å². The van der Waals surface area contributed by atoms with Crippen LogP contribution in [0.15, 0.2) is 29.4 Å². The number of nitrogens with one attached hydrogen (secondary N) is 1. The van der Waals surface area contributed by atoms with Gasteiger partial charge in [0.05, 0.1) is 17.7 Å². The van der Waals surface area contributed by atoms with E-state index in [9.17, 15) is 22.8 Å². The molecule has 0 saturated carbocycles. The van der Waals surface area contributed by atoms with Gasteiger partial charge in [0.25, 0.3) is 0 Å². The number of carboxylic acids is 2. The Balaban J connectivity index is 2.71. The SMILES string of the molecule is COCCCC/C(=N\OCCN[C@H](CC(=O)O)C(=O)O)c1ccc(C(F)(F)F)cc1. The zero-order valence-corrected chi connectivity index (χ0v) is 16.4. The predicted octanol–water partition coefficient (Wildman–Crippen LogP) is 2.76. The molecule has 0 saturated heterocycles. The predicted molar refractivity (Wildman–Crippen MR) is 101 cm³/mol. The lowest BCUT2D eigenvalue weighted by atomic mass is 10.0. The van der Waals surface area contributed by atoms with Gasteiger partial charge in [0.15, 0.2) is 0 Å². The van der Waals surface area contributed by atoms with Crippen LogP contribution in [-0.4, -0.2) is 60.8 Å². The van der Waals surface area contributed by atoms with Gasteiger partial charge in [-0.3, -0.25) is 9.59 Å². The van der Waals surface area contributed by atoms with Crippen LogP contribution in [-0.2, 0) is 25.3 Å². The Morgan fingerprint density at radius 1 is 1.13 bits per heavy atom. The second kappa shape index (κ2) is 12.8. The summed E-state index contributed by atoms with van der Waals surface area (Å²) in [6.45, 7) is 0.508. The molecule has 0 unspecified atom stereocenters. The normalized spacial score (nSPS) is 13.1. The van der Waals surface area contributed by atoms with Crippen LogP contribution in [0, 0.1) is 0 Å². The van der Waals surface area contributed by atoms with Gasteiger partial charge in [-0.25, -0.2) is 0 Å². The van der Waals surface area contributed by atoms with E-state index >= 15 is 0 Å². The molecule has 1 aromatic carbocycles. The van der Waals surface area contributed by atoms with Gasteiger partial charge in [-0.15, -0.1) is 0 Å². The molecule has 0 heterocycles. The molecule has 30 heavy (non-hydrogen) atoms. The van der Waals surface area contributed by atoms with Gasteiger partial charge in [-0.1, -0.05) is 17.3 Å². The number of carbonyl (C=O) groups is 2. The van der Waals surface area contributed by atoms with Crippen molar-refractivity contribution < 1.29 is 42.5 Å². The van der Waals surface area contributed by atoms with Crippen LogP contribution in [0.4, 0.5) is 13.2 Å². The third-order valence-electron chi connectivity index (χ3n) is 3.99. The van der Waals surface area contributed by atoms with Crippen molar-refractivity contribution in [3.05, 3.63) is 35.4 Å². The summed E-state index contributed by atoms with van der Waals surface area (Å²) >= 11 is 0. The highest BCUT2D eigenvalue weighted by molar-refractivity contribution is 6.00. The minimum absolute atomic E-state index is 0.0255. The fraction of sp³-hybridized carbons (Fsp3) is 0.526. The molecule has 0 amide bonds. The monoisotopic (exact) mass is 434 g/mol. The standard InChI is InChI=1S/C19H25F3N2O6/c1-29-10-3-2-4-15(13-5-7-14(8-6-13)19(20,21)22)24-30-11-9-23-16(18(27)28)12-17(25)26/h5-8,16,23H,2-4,9-12H2,1H3,(H,25,26)(H,27,28)/b24-15+/t16-/m1/s1. The molecule has 11 heteroatoms. The van der Waals surface area contributed by atoms with Crippen LogP contribution in [0.25, 0.3) is 0 Å². The summed E-state index contributed by atoms with van der Waals surface area (Å²) in [5, 5.41) is 24.1. The molecule has 1 atom stereocenters. The Morgan fingerprint density at radius 2 is 1.80 bits per heavy atom. The smallest absolute Gasteiger partial charge is 0.416 e. The van der Waals surface area contributed by atoms with Crippen LogP contribution in [0.3, 0.4) is 0 Å². The van der Waals surface area contributed by atoms with Gasteiger partial charge in [0.1, 0.15) is 12.6 Å². The van der Waals surface area contributed by atoms with E-state index in [0.717, 1.165) is 18.6 Å². The van der Waals surface area contributed by atoms with Crippen molar-refractivity contribution in [3.8, 4) is 0 Å². The lowest BCUT2D eigenvalue weighted by molar-refractivity contribution is -0.146. The highest BCUT2D eigenvalue weighted by Gasteiger charge is 2.30. The molecule has 0 aliphatic heterocycles. The topological polar surface area (TPSA) is 117 Å². The van der Waals surface area contributed by atoms with Crippen molar-refractivity contribution in [3.63, 3.8) is 0 Å². The third kappa shape index (κ3) is 9.70. The average molecular weight is 434 g/mol. The summed E-state index contributed by atoms with van der Waals surface area (Å²) in [5.41, 5.74) is 0.149. The van der Waals surface area contributed by atoms with Crippen molar-refractivity contribution in [1.82, 2.24) is 5.32 Å². The van der Waals surface area contributed by atoms with Gasteiger partial charge in [0, 0.05) is 20.3 Å². The molecule has 8 nitrogen and oxygen atoms in total. The zero-order chi connectivity index (χ0) is 22.6. The first-order chi connectivity index (χ1) is 14.1. The lowest BCUT2D eigenvalue weighted by Gasteiger charge is -2.12. The number of aliphatic carboxylic acids is 2. The van der Waals surface area contributed by atoms with E-state index in [1.54, 1.807) is 7.11 Å². The molecular formula is C19H25F3N2O6. The summed E-state index contributed by atoms with van der Waals surface area (Å²) in [5.74, 6) is -2.56. The first-order valence-corrected chi connectivity index (χ1v) is 9.18. The molecule has 3 N–H and O–H groups in total. The number of benzene rings is 1. The highest BCUT2D eigenvalue weighted by Crippen LogP contribution is 2.29. The lowest BCUT2D eigenvalue weighted by Crippen LogP contribution is -2.40.